The highest BCUT2D eigenvalue weighted by molar-refractivity contribution is 4.55. The minimum absolute atomic E-state index is 0.360. The Morgan fingerprint density at radius 3 is 1.83 bits per heavy atom. The van der Waals surface area contributed by atoms with E-state index in [4.69, 9.17) is 5.11 Å². The molecule has 0 aromatic carbocycles. The molecule has 0 amide bonds. The van der Waals surface area contributed by atoms with Crippen LogP contribution in [0.4, 0.5) is 0 Å². The number of aromatic amines is 1. The van der Waals surface area contributed by atoms with Crippen LogP contribution in [0.3, 0.4) is 0 Å². The van der Waals surface area contributed by atoms with Gasteiger partial charge in [-0.05, 0) is 19.3 Å². The van der Waals surface area contributed by atoms with E-state index in [2.05, 4.69) is 15.7 Å². The fraction of sp³-hybridized carbons (Fsp3) is 0.800. The van der Waals surface area contributed by atoms with Crippen LogP contribution in [0.5, 0.6) is 0 Å². The molecule has 1 rings (SSSR count). The number of rotatable bonds is 12. The van der Waals surface area contributed by atoms with E-state index in [0.29, 0.717) is 6.61 Å². The zero-order valence-electron chi connectivity index (χ0n) is 11.6. The maximum absolute atomic E-state index is 8.65. The Morgan fingerprint density at radius 1 is 0.778 bits per heavy atom. The van der Waals surface area contributed by atoms with Gasteiger partial charge in [0.1, 0.15) is 12.4 Å². The van der Waals surface area contributed by atoms with Crippen LogP contribution in [0.15, 0.2) is 18.7 Å². The van der Waals surface area contributed by atoms with Crippen LogP contribution in [0.25, 0.3) is 0 Å². The van der Waals surface area contributed by atoms with Crippen molar-refractivity contribution in [1.82, 2.24) is 4.98 Å². The van der Waals surface area contributed by atoms with Gasteiger partial charge >= 0.3 is 0 Å². The third-order valence-electron chi connectivity index (χ3n) is 3.43. The van der Waals surface area contributed by atoms with Crippen molar-refractivity contribution in [1.29, 1.82) is 0 Å². The standard InChI is InChI=1S/C15H28N2O/c18-14-10-8-6-4-2-1-3-5-7-9-12-17-13-11-16-15-17/h11,13,15,18H,1-10,12,14H2/p+1. The second kappa shape index (κ2) is 11.3. The van der Waals surface area contributed by atoms with Crippen molar-refractivity contribution in [3.63, 3.8) is 0 Å². The second-order valence-electron chi connectivity index (χ2n) is 5.11. The van der Waals surface area contributed by atoms with Crippen LogP contribution in [0.1, 0.15) is 64.2 Å². The summed E-state index contributed by atoms with van der Waals surface area (Å²) < 4.78 is 2.21. The van der Waals surface area contributed by atoms with Crippen LogP contribution in [-0.2, 0) is 6.54 Å². The molecule has 18 heavy (non-hydrogen) atoms. The zero-order chi connectivity index (χ0) is 12.9. The lowest BCUT2D eigenvalue weighted by Crippen LogP contribution is -2.30. The smallest absolute Gasteiger partial charge is 0.241 e. The van der Waals surface area contributed by atoms with Crippen molar-refractivity contribution in [2.45, 2.75) is 70.8 Å². The topological polar surface area (TPSA) is 39.9 Å². The molecule has 0 bridgehead atoms. The molecule has 1 aromatic rings. The molecule has 1 heterocycles. The molecule has 3 heteroatoms. The number of hydrogen-bond acceptors (Lipinski definition) is 1. The lowest BCUT2D eigenvalue weighted by Gasteiger charge is -2.01. The van der Waals surface area contributed by atoms with E-state index in [-0.39, 0.29) is 0 Å². The number of aliphatic hydroxyl groups excluding tert-OH is 1. The third-order valence-corrected chi connectivity index (χ3v) is 3.43. The van der Waals surface area contributed by atoms with E-state index in [0.717, 1.165) is 13.0 Å². The van der Waals surface area contributed by atoms with E-state index < -0.39 is 0 Å². The maximum Gasteiger partial charge on any atom is 0.241 e. The minimum atomic E-state index is 0.360. The molecule has 0 saturated heterocycles. The molecule has 0 aliphatic carbocycles. The van der Waals surface area contributed by atoms with E-state index in [9.17, 15) is 0 Å². The number of imidazole rings is 1. The Morgan fingerprint density at radius 2 is 1.33 bits per heavy atom. The Hall–Kier alpha value is -0.830. The summed E-state index contributed by atoms with van der Waals surface area (Å²) in [4.78, 5) is 3.07. The summed E-state index contributed by atoms with van der Waals surface area (Å²) in [7, 11) is 0. The summed E-state index contributed by atoms with van der Waals surface area (Å²) >= 11 is 0. The predicted octanol–water partition coefficient (Wildman–Crippen LogP) is 3.20. The van der Waals surface area contributed by atoms with Crippen LogP contribution < -0.4 is 4.57 Å². The van der Waals surface area contributed by atoms with Gasteiger partial charge in [-0.15, -0.1) is 0 Å². The maximum atomic E-state index is 8.65. The molecule has 0 radical (unpaired) electrons. The van der Waals surface area contributed by atoms with Gasteiger partial charge in [-0.3, -0.25) is 4.98 Å². The fourth-order valence-electron chi connectivity index (χ4n) is 2.28. The summed E-state index contributed by atoms with van der Waals surface area (Å²) in [6, 6.07) is 0. The van der Waals surface area contributed by atoms with Crippen molar-refractivity contribution in [3.8, 4) is 0 Å². The highest BCUT2D eigenvalue weighted by atomic mass is 16.2. The van der Waals surface area contributed by atoms with Gasteiger partial charge in [0.2, 0.25) is 6.33 Å². The molecule has 0 spiro atoms. The normalized spacial score (nSPS) is 10.9. The molecule has 0 saturated carbocycles. The van der Waals surface area contributed by atoms with Crippen molar-refractivity contribution < 1.29 is 9.67 Å². The minimum Gasteiger partial charge on any atom is -0.396 e. The Labute approximate surface area is 111 Å². The second-order valence-corrected chi connectivity index (χ2v) is 5.11. The summed E-state index contributed by atoms with van der Waals surface area (Å²) in [5, 5.41) is 8.65. The molecule has 0 aliphatic heterocycles. The average molecular weight is 253 g/mol. The van der Waals surface area contributed by atoms with E-state index in [1.54, 1.807) is 0 Å². The number of unbranched alkanes of at least 4 members (excludes halogenated alkanes) is 9. The van der Waals surface area contributed by atoms with Gasteiger partial charge in [0.05, 0.1) is 6.54 Å². The third kappa shape index (κ3) is 8.29. The summed E-state index contributed by atoms with van der Waals surface area (Å²) in [6.45, 7) is 1.50. The molecule has 0 aliphatic rings. The Bertz CT molecular complexity index is 259. The number of H-pyrrole nitrogens is 1. The van der Waals surface area contributed by atoms with Crippen molar-refractivity contribution in [2.75, 3.05) is 6.61 Å². The number of aromatic nitrogens is 2. The first kappa shape index (κ1) is 15.2. The van der Waals surface area contributed by atoms with E-state index >= 15 is 0 Å². The van der Waals surface area contributed by atoms with Crippen molar-refractivity contribution >= 4 is 0 Å². The number of hydrogen-bond donors (Lipinski definition) is 2. The van der Waals surface area contributed by atoms with Gasteiger partial charge in [-0.25, -0.2) is 4.57 Å². The number of aryl methyl sites for hydroxylation is 1. The molecule has 0 unspecified atom stereocenters. The molecular formula is C15H29N2O+. The van der Waals surface area contributed by atoms with Crippen LogP contribution in [-0.4, -0.2) is 16.7 Å². The lowest BCUT2D eigenvalue weighted by molar-refractivity contribution is -0.696. The molecule has 0 fully saturated rings. The predicted molar refractivity (Wildman–Crippen MR) is 74.2 cm³/mol. The monoisotopic (exact) mass is 253 g/mol. The highest BCUT2D eigenvalue weighted by Crippen LogP contribution is 2.10. The summed E-state index contributed by atoms with van der Waals surface area (Å²) in [5.41, 5.74) is 0. The van der Waals surface area contributed by atoms with Crippen molar-refractivity contribution in [2.24, 2.45) is 0 Å². The lowest BCUT2D eigenvalue weighted by atomic mass is 10.1. The van der Waals surface area contributed by atoms with Gasteiger partial charge in [0.25, 0.3) is 0 Å². The molecule has 1 aromatic heterocycles. The summed E-state index contributed by atoms with van der Waals surface area (Å²) in [5.74, 6) is 0. The van der Waals surface area contributed by atoms with Gasteiger partial charge < -0.3 is 5.11 Å². The molecule has 104 valence electrons. The number of nitrogens with zero attached hydrogens (tertiary/aromatic N) is 1. The van der Waals surface area contributed by atoms with Crippen LogP contribution in [0.2, 0.25) is 0 Å². The molecule has 2 N–H and O–H groups in total. The first-order valence-electron chi connectivity index (χ1n) is 7.56. The summed E-state index contributed by atoms with van der Waals surface area (Å²) in [6.07, 6.45) is 19.1. The Kier molecular flexibility index (Phi) is 9.54. The largest absolute Gasteiger partial charge is 0.396 e. The molecule has 3 nitrogen and oxygen atoms in total. The van der Waals surface area contributed by atoms with E-state index in [1.807, 2.05) is 12.5 Å². The SMILES string of the molecule is OCCCCCCCCCCCC[n+]1cc[nH]c1. The highest BCUT2D eigenvalue weighted by Gasteiger charge is 1.96. The quantitative estimate of drug-likeness (QED) is 0.436. The fourth-order valence-corrected chi connectivity index (χ4v) is 2.28. The average Bonchev–Trinajstić information content (AvgIpc) is 2.89. The van der Waals surface area contributed by atoms with Crippen molar-refractivity contribution in [3.05, 3.63) is 18.7 Å². The number of nitrogens with one attached hydrogen (secondary N) is 1. The van der Waals surface area contributed by atoms with Crippen LogP contribution >= 0.6 is 0 Å². The Balaban J connectivity index is 1.73. The zero-order valence-corrected chi connectivity index (χ0v) is 11.6. The molecule has 0 atom stereocenters. The van der Waals surface area contributed by atoms with Gasteiger partial charge in [-0.1, -0.05) is 44.9 Å². The van der Waals surface area contributed by atoms with Gasteiger partial charge in [0, 0.05) is 6.61 Å². The van der Waals surface area contributed by atoms with E-state index in [1.165, 1.54) is 57.8 Å². The van der Waals surface area contributed by atoms with Gasteiger partial charge in [-0.2, -0.15) is 0 Å². The molecular weight excluding hydrogens is 224 g/mol. The van der Waals surface area contributed by atoms with Crippen LogP contribution in [0, 0.1) is 0 Å². The van der Waals surface area contributed by atoms with Gasteiger partial charge in [0.15, 0.2) is 0 Å². The first-order valence-corrected chi connectivity index (χ1v) is 7.56. The number of aliphatic hydroxyl groups is 1. The first-order chi connectivity index (χ1) is 8.93.